The van der Waals surface area contributed by atoms with Crippen LogP contribution in [-0.2, 0) is 9.47 Å². The van der Waals surface area contributed by atoms with E-state index in [0.717, 1.165) is 26.1 Å². The Bertz CT molecular complexity index is 287. The van der Waals surface area contributed by atoms with Gasteiger partial charge in [-0.2, -0.15) is 0 Å². The quantitative estimate of drug-likeness (QED) is 0.682. The van der Waals surface area contributed by atoms with E-state index < -0.39 is 0 Å². The zero-order valence-corrected chi connectivity index (χ0v) is 11.7. The molecule has 0 aromatic rings. The first-order valence-corrected chi connectivity index (χ1v) is 6.99. The van der Waals surface area contributed by atoms with Crippen molar-refractivity contribution in [2.24, 2.45) is 17.3 Å². The van der Waals surface area contributed by atoms with Crippen LogP contribution in [0.15, 0.2) is 11.6 Å². The van der Waals surface area contributed by atoms with Crippen molar-refractivity contribution in [2.75, 3.05) is 13.2 Å². The summed E-state index contributed by atoms with van der Waals surface area (Å²) in [7, 11) is 0. The third kappa shape index (κ3) is 2.43. The second-order valence-corrected chi connectivity index (χ2v) is 5.98. The standard InChI is InChI=1S/C15H26O2/c1-5-6-14-16-9-15(10-17-14)12(3)7-11(2)8-13(15)4/h7,12-14H,5-6,8-10H2,1-4H3. The molecule has 1 aliphatic heterocycles. The van der Waals surface area contributed by atoms with E-state index in [1.807, 2.05) is 0 Å². The molecule has 0 aromatic carbocycles. The highest BCUT2D eigenvalue weighted by Crippen LogP contribution is 2.46. The van der Waals surface area contributed by atoms with E-state index in [4.69, 9.17) is 9.47 Å². The van der Waals surface area contributed by atoms with Gasteiger partial charge in [0.15, 0.2) is 6.29 Å². The zero-order valence-electron chi connectivity index (χ0n) is 11.7. The third-order valence-electron chi connectivity index (χ3n) is 4.65. The summed E-state index contributed by atoms with van der Waals surface area (Å²) in [5.74, 6) is 1.22. The summed E-state index contributed by atoms with van der Waals surface area (Å²) >= 11 is 0. The molecule has 2 nitrogen and oxygen atoms in total. The van der Waals surface area contributed by atoms with Crippen LogP contribution in [0.1, 0.15) is 47.0 Å². The van der Waals surface area contributed by atoms with Crippen LogP contribution in [0, 0.1) is 17.3 Å². The molecule has 1 spiro atoms. The zero-order chi connectivity index (χ0) is 12.5. The molecule has 1 heterocycles. The summed E-state index contributed by atoms with van der Waals surface area (Å²) in [6.45, 7) is 10.8. The lowest BCUT2D eigenvalue weighted by Crippen LogP contribution is -2.50. The Labute approximate surface area is 105 Å². The van der Waals surface area contributed by atoms with Gasteiger partial charge in [-0.3, -0.25) is 0 Å². The normalized spacial score (nSPS) is 42.6. The summed E-state index contributed by atoms with van der Waals surface area (Å²) < 4.78 is 11.9. The molecular weight excluding hydrogens is 212 g/mol. The van der Waals surface area contributed by atoms with Crippen molar-refractivity contribution in [2.45, 2.75) is 53.2 Å². The van der Waals surface area contributed by atoms with Gasteiger partial charge in [0.2, 0.25) is 0 Å². The molecule has 2 rings (SSSR count). The molecule has 1 fully saturated rings. The van der Waals surface area contributed by atoms with Crippen LogP contribution in [0.4, 0.5) is 0 Å². The van der Waals surface area contributed by atoms with Crippen LogP contribution in [0.5, 0.6) is 0 Å². The Hall–Kier alpha value is -0.340. The second kappa shape index (κ2) is 5.11. The Morgan fingerprint density at radius 3 is 2.47 bits per heavy atom. The highest BCUT2D eigenvalue weighted by molar-refractivity contribution is 5.13. The molecule has 1 aliphatic carbocycles. The number of hydrogen-bond acceptors (Lipinski definition) is 2. The van der Waals surface area contributed by atoms with Crippen molar-refractivity contribution in [3.63, 3.8) is 0 Å². The van der Waals surface area contributed by atoms with Gasteiger partial charge in [0.25, 0.3) is 0 Å². The van der Waals surface area contributed by atoms with Gasteiger partial charge in [0, 0.05) is 5.41 Å². The van der Waals surface area contributed by atoms with Gasteiger partial charge >= 0.3 is 0 Å². The number of ether oxygens (including phenoxy) is 2. The maximum absolute atomic E-state index is 5.94. The average molecular weight is 238 g/mol. The molecule has 0 radical (unpaired) electrons. The Morgan fingerprint density at radius 2 is 1.94 bits per heavy atom. The minimum absolute atomic E-state index is 0.0389. The fraction of sp³-hybridized carbons (Fsp3) is 0.867. The molecule has 17 heavy (non-hydrogen) atoms. The van der Waals surface area contributed by atoms with Gasteiger partial charge in [0.05, 0.1) is 13.2 Å². The van der Waals surface area contributed by atoms with E-state index in [9.17, 15) is 0 Å². The number of allylic oxidation sites excluding steroid dienone is 2. The summed E-state index contributed by atoms with van der Waals surface area (Å²) in [6.07, 6.45) is 5.79. The molecule has 0 saturated carbocycles. The van der Waals surface area contributed by atoms with Crippen molar-refractivity contribution in [1.82, 2.24) is 0 Å². The highest BCUT2D eigenvalue weighted by Gasteiger charge is 2.46. The van der Waals surface area contributed by atoms with Crippen molar-refractivity contribution >= 4 is 0 Å². The monoisotopic (exact) mass is 238 g/mol. The van der Waals surface area contributed by atoms with E-state index in [-0.39, 0.29) is 11.7 Å². The lowest BCUT2D eigenvalue weighted by molar-refractivity contribution is -0.251. The van der Waals surface area contributed by atoms with Gasteiger partial charge in [-0.15, -0.1) is 0 Å². The number of hydrogen-bond donors (Lipinski definition) is 0. The average Bonchev–Trinajstić information content (AvgIpc) is 2.28. The second-order valence-electron chi connectivity index (χ2n) is 5.98. The fourth-order valence-electron chi connectivity index (χ4n) is 3.33. The maximum atomic E-state index is 5.94. The van der Waals surface area contributed by atoms with E-state index >= 15 is 0 Å². The minimum Gasteiger partial charge on any atom is -0.352 e. The Balaban J connectivity index is 2.06. The molecule has 2 unspecified atom stereocenters. The predicted molar refractivity (Wildman–Crippen MR) is 69.7 cm³/mol. The first-order valence-electron chi connectivity index (χ1n) is 6.99. The Kier molecular flexibility index (Phi) is 3.94. The lowest BCUT2D eigenvalue weighted by atomic mass is 9.63. The van der Waals surface area contributed by atoms with Crippen LogP contribution in [0.25, 0.3) is 0 Å². The van der Waals surface area contributed by atoms with Crippen LogP contribution in [0.2, 0.25) is 0 Å². The van der Waals surface area contributed by atoms with Crippen LogP contribution >= 0.6 is 0 Å². The molecule has 1 saturated heterocycles. The van der Waals surface area contributed by atoms with Gasteiger partial charge in [0.1, 0.15) is 0 Å². The maximum Gasteiger partial charge on any atom is 0.157 e. The van der Waals surface area contributed by atoms with Crippen molar-refractivity contribution in [3.05, 3.63) is 11.6 Å². The summed E-state index contributed by atoms with van der Waals surface area (Å²) in [5.41, 5.74) is 1.73. The smallest absolute Gasteiger partial charge is 0.157 e. The van der Waals surface area contributed by atoms with E-state index in [0.29, 0.717) is 11.8 Å². The van der Waals surface area contributed by atoms with Gasteiger partial charge in [-0.25, -0.2) is 0 Å². The molecule has 98 valence electrons. The van der Waals surface area contributed by atoms with Crippen molar-refractivity contribution in [3.8, 4) is 0 Å². The van der Waals surface area contributed by atoms with Crippen LogP contribution in [0.3, 0.4) is 0 Å². The minimum atomic E-state index is 0.0389. The van der Waals surface area contributed by atoms with E-state index in [1.54, 1.807) is 0 Å². The SMILES string of the molecule is CCCC1OCC2(CO1)C(C)C=C(C)CC2C. The molecular formula is C15H26O2. The van der Waals surface area contributed by atoms with E-state index in [1.165, 1.54) is 12.0 Å². The van der Waals surface area contributed by atoms with E-state index in [2.05, 4.69) is 33.8 Å². The molecule has 0 bridgehead atoms. The third-order valence-corrected chi connectivity index (χ3v) is 4.65. The van der Waals surface area contributed by atoms with Crippen LogP contribution in [-0.4, -0.2) is 19.5 Å². The largest absolute Gasteiger partial charge is 0.352 e. The molecule has 2 heteroatoms. The first-order chi connectivity index (χ1) is 8.08. The predicted octanol–water partition coefficient (Wildman–Crippen LogP) is 3.77. The lowest BCUT2D eigenvalue weighted by Gasteiger charge is -2.49. The summed E-state index contributed by atoms with van der Waals surface area (Å²) in [4.78, 5) is 0. The molecule has 2 atom stereocenters. The molecule has 0 amide bonds. The van der Waals surface area contributed by atoms with Gasteiger partial charge in [-0.05, 0) is 31.6 Å². The van der Waals surface area contributed by atoms with Crippen molar-refractivity contribution in [1.29, 1.82) is 0 Å². The molecule has 2 aliphatic rings. The van der Waals surface area contributed by atoms with Crippen LogP contribution < -0.4 is 0 Å². The van der Waals surface area contributed by atoms with Crippen molar-refractivity contribution < 1.29 is 9.47 Å². The topological polar surface area (TPSA) is 18.5 Å². The van der Waals surface area contributed by atoms with Gasteiger partial charge in [-0.1, -0.05) is 38.8 Å². The Morgan fingerprint density at radius 1 is 1.29 bits per heavy atom. The summed E-state index contributed by atoms with van der Waals surface area (Å²) in [6, 6.07) is 0. The molecule has 0 aromatic heterocycles. The fourth-order valence-corrected chi connectivity index (χ4v) is 3.33. The first kappa shape index (κ1) is 13.1. The highest BCUT2D eigenvalue weighted by atomic mass is 16.7. The molecule has 0 N–H and O–H groups in total. The number of rotatable bonds is 2. The van der Waals surface area contributed by atoms with Gasteiger partial charge < -0.3 is 9.47 Å². The summed E-state index contributed by atoms with van der Waals surface area (Å²) in [5, 5.41) is 0.